The summed E-state index contributed by atoms with van der Waals surface area (Å²) in [7, 11) is 3.02. The molecule has 2 atom stereocenters. The number of hydrogen-bond donors (Lipinski definition) is 0. The summed E-state index contributed by atoms with van der Waals surface area (Å²) in [4.78, 5) is 27.0. The number of aryl methyl sites for hydroxylation is 1. The fourth-order valence-corrected chi connectivity index (χ4v) is 3.29. The van der Waals surface area contributed by atoms with E-state index in [-0.39, 0.29) is 5.91 Å². The summed E-state index contributed by atoms with van der Waals surface area (Å²) in [6.45, 7) is 1.97. The number of carbonyl (C=O) groups is 2. The molecule has 0 bridgehead atoms. The predicted molar refractivity (Wildman–Crippen MR) is 98.1 cm³/mol. The normalized spacial score (nSPS) is 21.0. The van der Waals surface area contributed by atoms with Crippen molar-refractivity contribution >= 4 is 23.2 Å². The van der Waals surface area contributed by atoms with Gasteiger partial charge in [-0.1, -0.05) is 22.9 Å². The third-order valence-corrected chi connectivity index (χ3v) is 4.71. The first-order valence-corrected chi connectivity index (χ1v) is 8.41. The highest BCUT2D eigenvalue weighted by atomic mass is 16.5. The van der Waals surface area contributed by atoms with Gasteiger partial charge in [0.2, 0.25) is 0 Å². The van der Waals surface area contributed by atoms with Crippen LogP contribution in [0.1, 0.15) is 5.56 Å². The largest absolute Gasteiger partial charge is 0.493 e. The number of anilines is 2. The van der Waals surface area contributed by atoms with Crippen LogP contribution in [0.3, 0.4) is 0 Å². The molecule has 1 fully saturated rings. The Balaban J connectivity index is 1.68. The van der Waals surface area contributed by atoms with Crippen LogP contribution in [0.2, 0.25) is 0 Å². The third-order valence-electron chi connectivity index (χ3n) is 4.71. The molecule has 1 saturated heterocycles. The Morgan fingerprint density at radius 1 is 0.889 bits per heavy atom. The molecule has 2 aliphatic rings. The summed E-state index contributed by atoms with van der Waals surface area (Å²) in [6, 6.07) is 10.8. The fourth-order valence-electron chi connectivity index (χ4n) is 3.29. The van der Waals surface area contributed by atoms with Crippen molar-refractivity contribution in [2.24, 2.45) is 10.3 Å². The minimum absolute atomic E-state index is 0.372. The highest BCUT2D eigenvalue weighted by Crippen LogP contribution is 2.38. The molecule has 8 nitrogen and oxygen atoms in total. The summed E-state index contributed by atoms with van der Waals surface area (Å²) in [6.07, 6.45) is 0. The number of nitrogens with zero attached hydrogens (tertiary/aromatic N) is 4. The maximum atomic E-state index is 13.1. The molecule has 0 saturated carbocycles. The van der Waals surface area contributed by atoms with Gasteiger partial charge in [-0.05, 0) is 31.2 Å². The van der Waals surface area contributed by atoms with Gasteiger partial charge in [0.25, 0.3) is 11.8 Å². The zero-order chi connectivity index (χ0) is 19.1. The van der Waals surface area contributed by atoms with Crippen molar-refractivity contribution in [3.05, 3.63) is 48.0 Å². The molecule has 0 N–H and O–H groups in total. The summed E-state index contributed by atoms with van der Waals surface area (Å²) >= 11 is 0. The monoisotopic (exact) mass is 366 g/mol. The van der Waals surface area contributed by atoms with Crippen LogP contribution in [0.4, 0.5) is 11.4 Å². The highest BCUT2D eigenvalue weighted by molar-refractivity contribution is 6.26. The maximum absolute atomic E-state index is 13.1. The standard InChI is InChI=1S/C19H18N4O4/c1-11-4-6-12(7-5-11)23-17-16(20-21-23)18(24)22(19(17)25)13-8-9-14(26-2)15(10-13)27-3/h4-10,16-17H,1-3H3/t16-,17+/m1/s1. The zero-order valence-corrected chi connectivity index (χ0v) is 15.1. The first-order chi connectivity index (χ1) is 13.0. The van der Waals surface area contributed by atoms with E-state index in [9.17, 15) is 9.59 Å². The number of methoxy groups -OCH3 is 2. The Hall–Kier alpha value is -3.42. The summed E-state index contributed by atoms with van der Waals surface area (Å²) in [5, 5.41) is 9.60. The molecule has 0 unspecified atom stereocenters. The van der Waals surface area contributed by atoms with Crippen molar-refractivity contribution in [2.45, 2.75) is 19.0 Å². The molecule has 27 heavy (non-hydrogen) atoms. The molecule has 2 aromatic rings. The van der Waals surface area contributed by atoms with Crippen LogP contribution in [-0.4, -0.2) is 38.1 Å². The summed E-state index contributed by atoms with van der Waals surface area (Å²) in [5.74, 6) is 0.171. The predicted octanol–water partition coefficient (Wildman–Crippen LogP) is 2.51. The smallest absolute Gasteiger partial charge is 0.263 e. The average molecular weight is 366 g/mol. The number of rotatable bonds is 4. The lowest BCUT2D eigenvalue weighted by molar-refractivity contribution is -0.121. The molecule has 138 valence electrons. The molecule has 0 radical (unpaired) electrons. The molecule has 2 heterocycles. The van der Waals surface area contributed by atoms with Crippen LogP contribution in [0.15, 0.2) is 52.8 Å². The van der Waals surface area contributed by atoms with Gasteiger partial charge in [-0.15, -0.1) is 0 Å². The van der Waals surface area contributed by atoms with E-state index in [0.29, 0.717) is 22.9 Å². The van der Waals surface area contributed by atoms with Gasteiger partial charge < -0.3 is 9.47 Å². The molecule has 2 aliphatic heterocycles. The SMILES string of the molecule is COc1ccc(N2C(=O)[C@@H]3[C@@H](N=NN3c3ccc(C)cc3)C2=O)cc1OC. The minimum atomic E-state index is -0.855. The van der Waals surface area contributed by atoms with Crippen molar-refractivity contribution in [1.82, 2.24) is 0 Å². The van der Waals surface area contributed by atoms with Crippen molar-refractivity contribution in [1.29, 1.82) is 0 Å². The second-order valence-electron chi connectivity index (χ2n) is 6.33. The van der Waals surface area contributed by atoms with Gasteiger partial charge in [-0.25, -0.2) is 9.91 Å². The van der Waals surface area contributed by atoms with Crippen molar-refractivity contribution in [2.75, 3.05) is 24.1 Å². The topological polar surface area (TPSA) is 83.8 Å². The van der Waals surface area contributed by atoms with Gasteiger partial charge in [0.1, 0.15) is 0 Å². The second kappa shape index (κ2) is 6.39. The van der Waals surface area contributed by atoms with Crippen molar-refractivity contribution in [3.63, 3.8) is 0 Å². The van der Waals surface area contributed by atoms with E-state index in [2.05, 4.69) is 10.3 Å². The Kier molecular flexibility index (Phi) is 4.02. The van der Waals surface area contributed by atoms with Gasteiger partial charge in [-0.3, -0.25) is 9.59 Å². The molecule has 0 spiro atoms. The number of hydrogen-bond acceptors (Lipinski definition) is 7. The van der Waals surface area contributed by atoms with Crippen LogP contribution < -0.4 is 19.4 Å². The molecule has 8 heteroatoms. The number of benzene rings is 2. The Morgan fingerprint density at radius 2 is 1.56 bits per heavy atom. The molecular weight excluding hydrogens is 348 g/mol. The fraction of sp³-hybridized carbons (Fsp3) is 0.263. The van der Waals surface area contributed by atoms with Crippen molar-refractivity contribution in [3.8, 4) is 11.5 Å². The van der Waals surface area contributed by atoms with Gasteiger partial charge in [0.15, 0.2) is 23.6 Å². The lowest BCUT2D eigenvalue weighted by Crippen LogP contribution is -2.39. The first kappa shape index (κ1) is 17.0. The lowest BCUT2D eigenvalue weighted by Gasteiger charge is -2.21. The van der Waals surface area contributed by atoms with E-state index in [1.807, 2.05) is 31.2 Å². The first-order valence-electron chi connectivity index (χ1n) is 8.41. The van der Waals surface area contributed by atoms with E-state index in [0.717, 1.165) is 10.5 Å². The maximum Gasteiger partial charge on any atom is 0.263 e. The van der Waals surface area contributed by atoms with Gasteiger partial charge in [0.05, 0.1) is 25.6 Å². The van der Waals surface area contributed by atoms with Crippen LogP contribution in [0.25, 0.3) is 0 Å². The third kappa shape index (κ3) is 2.61. The molecule has 4 rings (SSSR count). The van der Waals surface area contributed by atoms with Gasteiger partial charge in [-0.2, -0.15) is 5.11 Å². The van der Waals surface area contributed by atoms with E-state index in [1.165, 1.54) is 19.2 Å². The average Bonchev–Trinajstić information content (AvgIpc) is 3.22. The van der Waals surface area contributed by atoms with Crippen LogP contribution in [0, 0.1) is 6.92 Å². The van der Waals surface area contributed by atoms with Crippen LogP contribution in [-0.2, 0) is 9.59 Å². The van der Waals surface area contributed by atoms with E-state index in [1.54, 1.807) is 18.2 Å². The Labute approximate surface area is 156 Å². The molecular formula is C19H18N4O4. The highest BCUT2D eigenvalue weighted by Gasteiger charge is 2.55. The van der Waals surface area contributed by atoms with Crippen LogP contribution in [0.5, 0.6) is 11.5 Å². The number of imide groups is 1. The molecule has 2 amide bonds. The summed E-state index contributed by atoms with van der Waals surface area (Å²) in [5.41, 5.74) is 2.22. The minimum Gasteiger partial charge on any atom is -0.493 e. The number of carbonyl (C=O) groups excluding carboxylic acids is 2. The number of fused-ring (bicyclic) bond motifs is 1. The Morgan fingerprint density at radius 3 is 2.22 bits per heavy atom. The molecule has 0 aromatic heterocycles. The van der Waals surface area contributed by atoms with Gasteiger partial charge >= 0.3 is 0 Å². The second-order valence-corrected chi connectivity index (χ2v) is 6.33. The van der Waals surface area contributed by atoms with Crippen LogP contribution >= 0.6 is 0 Å². The van der Waals surface area contributed by atoms with E-state index in [4.69, 9.17) is 9.47 Å². The quantitative estimate of drug-likeness (QED) is 0.777. The number of amides is 2. The molecule has 2 aromatic carbocycles. The number of ether oxygens (including phenoxy) is 2. The zero-order valence-electron chi connectivity index (χ0n) is 15.1. The van der Waals surface area contributed by atoms with Gasteiger partial charge in [0, 0.05) is 6.07 Å². The summed E-state index contributed by atoms with van der Waals surface area (Å²) < 4.78 is 10.5. The van der Waals surface area contributed by atoms with E-state index < -0.39 is 18.0 Å². The van der Waals surface area contributed by atoms with Crippen molar-refractivity contribution < 1.29 is 19.1 Å². The lowest BCUT2D eigenvalue weighted by atomic mass is 10.1. The molecule has 0 aliphatic carbocycles. The Bertz CT molecular complexity index is 941. The van der Waals surface area contributed by atoms with E-state index >= 15 is 0 Å².